The number of hydrogen-bond acceptors (Lipinski definition) is 3. The van der Waals surface area contributed by atoms with Crippen molar-refractivity contribution < 1.29 is 13.9 Å². The van der Waals surface area contributed by atoms with Gasteiger partial charge < -0.3 is 15.2 Å². The summed E-state index contributed by atoms with van der Waals surface area (Å²) < 4.78 is 23.7. The third kappa shape index (κ3) is 4.03. The minimum atomic E-state index is -0.333. The van der Waals surface area contributed by atoms with Gasteiger partial charge in [0.15, 0.2) is 0 Å². The number of rotatable bonds is 5. The molecule has 0 fully saturated rings. The molecule has 0 aliphatic rings. The highest BCUT2D eigenvalue weighted by atomic mass is 35.5. The minimum absolute atomic E-state index is 0.297. The monoisotopic (exact) mass is 281 g/mol. The van der Waals surface area contributed by atoms with E-state index in [2.05, 4.69) is 0 Å². The zero-order chi connectivity index (χ0) is 13.7. The SMILES string of the molecule is Nc1cc(Cl)ccc1OCCOc1cccc(F)c1. The molecule has 2 N–H and O–H groups in total. The highest BCUT2D eigenvalue weighted by Crippen LogP contribution is 2.24. The number of ether oxygens (including phenoxy) is 2. The lowest BCUT2D eigenvalue weighted by molar-refractivity contribution is 0.217. The summed E-state index contributed by atoms with van der Waals surface area (Å²) in [4.78, 5) is 0. The number of nitrogens with two attached hydrogens (primary N) is 1. The van der Waals surface area contributed by atoms with E-state index in [9.17, 15) is 4.39 Å². The van der Waals surface area contributed by atoms with Crippen LogP contribution in [0.2, 0.25) is 5.02 Å². The van der Waals surface area contributed by atoms with Gasteiger partial charge in [-0.2, -0.15) is 0 Å². The van der Waals surface area contributed by atoms with Gasteiger partial charge in [-0.25, -0.2) is 4.39 Å². The summed E-state index contributed by atoms with van der Waals surface area (Å²) in [5, 5.41) is 0.556. The Hall–Kier alpha value is -1.94. The fourth-order valence-corrected chi connectivity index (χ4v) is 1.70. The maximum absolute atomic E-state index is 12.9. The highest BCUT2D eigenvalue weighted by molar-refractivity contribution is 6.30. The molecule has 0 saturated carbocycles. The van der Waals surface area contributed by atoms with Crippen molar-refractivity contribution in [1.82, 2.24) is 0 Å². The van der Waals surface area contributed by atoms with E-state index < -0.39 is 0 Å². The van der Waals surface area contributed by atoms with E-state index in [1.807, 2.05) is 0 Å². The van der Waals surface area contributed by atoms with Crippen LogP contribution in [-0.4, -0.2) is 13.2 Å². The summed E-state index contributed by atoms with van der Waals surface area (Å²) in [6.07, 6.45) is 0. The van der Waals surface area contributed by atoms with E-state index in [-0.39, 0.29) is 5.82 Å². The molecule has 19 heavy (non-hydrogen) atoms. The lowest BCUT2D eigenvalue weighted by Gasteiger charge is -2.10. The Bertz CT molecular complexity index is 563. The van der Waals surface area contributed by atoms with Crippen molar-refractivity contribution in [2.24, 2.45) is 0 Å². The van der Waals surface area contributed by atoms with E-state index in [1.165, 1.54) is 12.1 Å². The Labute approximate surface area is 115 Å². The molecule has 0 spiro atoms. The van der Waals surface area contributed by atoms with Crippen LogP contribution in [0.25, 0.3) is 0 Å². The van der Waals surface area contributed by atoms with Crippen LogP contribution < -0.4 is 15.2 Å². The van der Waals surface area contributed by atoms with E-state index in [1.54, 1.807) is 30.3 Å². The van der Waals surface area contributed by atoms with Gasteiger partial charge in [0.2, 0.25) is 0 Å². The van der Waals surface area contributed by atoms with Crippen molar-refractivity contribution in [1.29, 1.82) is 0 Å². The average molecular weight is 282 g/mol. The third-order valence-electron chi connectivity index (χ3n) is 2.38. The molecule has 3 nitrogen and oxygen atoms in total. The number of anilines is 1. The average Bonchev–Trinajstić information content (AvgIpc) is 2.37. The maximum Gasteiger partial charge on any atom is 0.142 e. The fourth-order valence-electron chi connectivity index (χ4n) is 1.52. The normalized spacial score (nSPS) is 10.2. The lowest BCUT2D eigenvalue weighted by Crippen LogP contribution is -2.10. The molecular formula is C14H13ClFNO2. The summed E-state index contributed by atoms with van der Waals surface area (Å²) >= 11 is 5.78. The Balaban J connectivity index is 1.81. The molecule has 0 aliphatic carbocycles. The summed E-state index contributed by atoms with van der Waals surface area (Å²) in [5.74, 6) is 0.681. The Morgan fingerprint density at radius 1 is 1.05 bits per heavy atom. The summed E-state index contributed by atoms with van der Waals surface area (Å²) in [6.45, 7) is 0.605. The standard InChI is InChI=1S/C14H13ClFNO2/c15-10-4-5-14(13(17)8-10)19-7-6-18-12-3-1-2-11(16)9-12/h1-5,8-9H,6-7,17H2. The maximum atomic E-state index is 12.9. The first-order valence-corrected chi connectivity index (χ1v) is 6.09. The van der Waals surface area contributed by atoms with Crippen molar-refractivity contribution in [3.8, 4) is 11.5 Å². The van der Waals surface area contributed by atoms with Crippen LogP contribution in [0.15, 0.2) is 42.5 Å². The van der Waals surface area contributed by atoms with E-state index in [0.717, 1.165) is 0 Å². The predicted octanol–water partition coefficient (Wildman–Crippen LogP) is 3.52. The van der Waals surface area contributed by atoms with E-state index >= 15 is 0 Å². The Morgan fingerprint density at radius 3 is 2.58 bits per heavy atom. The number of nitrogen functional groups attached to an aromatic ring is 1. The van der Waals surface area contributed by atoms with E-state index in [0.29, 0.717) is 35.4 Å². The van der Waals surface area contributed by atoms with Crippen molar-refractivity contribution >= 4 is 17.3 Å². The van der Waals surface area contributed by atoms with Crippen molar-refractivity contribution in [2.75, 3.05) is 18.9 Å². The second-order valence-electron chi connectivity index (χ2n) is 3.84. The van der Waals surface area contributed by atoms with Gasteiger partial charge in [0.25, 0.3) is 0 Å². The Morgan fingerprint density at radius 2 is 1.84 bits per heavy atom. The molecule has 0 bridgehead atoms. The molecule has 5 heteroatoms. The molecule has 0 aromatic heterocycles. The predicted molar refractivity (Wildman–Crippen MR) is 73.3 cm³/mol. The van der Waals surface area contributed by atoms with Crippen LogP contribution in [0.1, 0.15) is 0 Å². The number of hydrogen-bond donors (Lipinski definition) is 1. The topological polar surface area (TPSA) is 44.5 Å². The minimum Gasteiger partial charge on any atom is -0.490 e. The quantitative estimate of drug-likeness (QED) is 0.674. The molecule has 0 amide bonds. The van der Waals surface area contributed by atoms with Crippen molar-refractivity contribution in [3.05, 3.63) is 53.3 Å². The zero-order valence-electron chi connectivity index (χ0n) is 10.1. The molecule has 0 radical (unpaired) electrons. The smallest absolute Gasteiger partial charge is 0.142 e. The van der Waals surface area contributed by atoms with Crippen LogP contribution in [-0.2, 0) is 0 Å². The summed E-state index contributed by atoms with van der Waals surface area (Å²) in [6, 6.07) is 10.9. The van der Waals surface area contributed by atoms with Crippen LogP contribution in [0, 0.1) is 5.82 Å². The molecule has 0 heterocycles. The Kier molecular flexibility index (Phi) is 4.47. The zero-order valence-corrected chi connectivity index (χ0v) is 10.9. The molecule has 2 rings (SSSR count). The number of benzene rings is 2. The van der Waals surface area contributed by atoms with E-state index in [4.69, 9.17) is 26.8 Å². The van der Waals surface area contributed by atoms with Gasteiger partial charge in [0.05, 0.1) is 5.69 Å². The molecular weight excluding hydrogens is 269 g/mol. The summed E-state index contributed by atoms with van der Waals surface area (Å²) in [7, 11) is 0. The molecule has 100 valence electrons. The molecule has 0 aliphatic heterocycles. The second kappa shape index (κ2) is 6.29. The molecule has 0 atom stereocenters. The first kappa shape index (κ1) is 13.5. The third-order valence-corrected chi connectivity index (χ3v) is 2.61. The largest absolute Gasteiger partial charge is 0.490 e. The first-order chi connectivity index (χ1) is 9.15. The van der Waals surface area contributed by atoms with Gasteiger partial charge in [-0.1, -0.05) is 17.7 Å². The number of halogens is 2. The van der Waals surface area contributed by atoms with Crippen LogP contribution in [0.3, 0.4) is 0 Å². The van der Waals surface area contributed by atoms with Gasteiger partial charge in [0.1, 0.15) is 30.5 Å². The highest BCUT2D eigenvalue weighted by Gasteiger charge is 2.01. The summed E-state index contributed by atoms with van der Waals surface area (Å²) in [5.41, 5.74) is 6.21. The van der Waals surface area contributed by atoms with Gasteiger partial charge >= 0.3 is 0 Å². The molecule has 0 saturated heterocycles. The van der Waals surface area contributed by atoms with Gasteiger partial charge in [-0.05, 0) is 30.3 Å². The van der Waals surface area contributed by atoms with Gasteiger partial charge in [-0.3, -0.25) is 0 Å². The lowest BCUT2D eigenvalue weighted by atomic mass is 10.3. The molecule has 2 aromatic rings. The van der Waals surface area contributed by atoms with Crippen molar-refractivity contribution in [3.63, 3.8) is 0 Å². The van der Waals surface area contributed by atoms with Crippen LogP contribution >= 0.6 is 11.6 Å². The fraction of sp³-hybridized carbons (Fsp3) is 0.143. The van der Waals surface area contributed by atoms with Crippen molar-refractivity contribution in [2.45, 2.75) is 0 Å². The van der Waals surface area contributed by atoms with Gasteiger partial charge in [0, 0.05) is 11.1 Å². The first-order valence-electron chi connectivity index (χ1n) is 5.71. The van der Waals surface area contributed by atoms with Crippen LogP contribution in [0.5, 0.6) is 11.5 Å². The second-order valence-corrected chi connectivity index (χ2v) is 4.27. The molecule has 0 unspecified atom stereocenters. The van der Waals surface area contributed by atoms with Gasteiger partial charge in [-0.15, -0.1) is 0 Å². The van der Waals surface area contributed by atoms with Crippen LogP contribution in [0.4, 0.5) is 10.1 Å². The molecule has 2 aromatic carbocycles.